The van der Waals surface area contributed by atoms with Gasteiger partial charge in [-0.25, -0.2) is 0 Å². The van der Waals surface area contributed by atoms with Crippen LogP contribution in [0.2, 0.25) is 0 Å². The molecule has 1 aromatic carbocycles. The van der Waals surface area contributed by atoms with Gasteiger partial charge in [-0.3, -0.25) is 0 Å². The zero-order valence-electron chi connectivity index (χ0n) is 8.82. The van der Waals surface area contributed by atoms with Gasteiger partial charge in [-0.2, -0.15) is 4.98 Å². The Balaban J connectivity index is 2.30. The number of aliphatic hydroxyl groups is 1. The fourth-order valence-electron chi connectivity index (χ4n) is 1.25. The summed E-state index contributed by atoms with van der Waals surface area (Å²) >= 11 is 0. The minimum Gasteiger partial charge on any atom is -0.424 e. The summed E-state index contributed by atoms with van der Waals surface area (Å²) in [5, 5.41) is 12.1. The number of nitrogens with zero attached hydrogens (tertiary/aromatic N) is 1. The number of hydrogen-bond donors (Lipinski definition) is 2. The van der Waals surface area contributed by atoms with E-state index in [0.29, 0.717) is 6.01 Å². The van der Waals surface area contributed by atoms with Crippen molar-refractivity contribution in [2.75, 3.05) is 11.9 Å². The van der Waals surface area contributed by atoms with Crippen LogP contribution in [0.1, 0.15) is 13.8 Å². The van der Waals surface area contributed by atoms with Gasteiger partial charge in [-0.1, -0.05) is 12.1 Å². The summed E-state index contributed by atoms with van der Waals surface area (Å²) in [6, 6.07) is 7.99. The molecule has 0 bridgehead atoms. The summed E-state index contributed by atoms with van der Waals surface area (Å²) in [5.74, 6) is 0. The number of oxazole rings is 1. The van der Waals surface area contributed by atoms with Crippen LogP contribution < -0.4 is 5.32 Å². The van der Waals surface area contributed by atoms with E-state index in [1.165, 1.54) is 0 Å². The van der Waals surface area contributed by atoms with Crippen molar-refractivity contribution in [2.24, 2.45) is 0 Å². The highest BCUT2D eigenvalue weighted by molar-refractivity contribution is 5.74. The van der Waals surface area contributed by atoms with E-state index in [-0.39, 0.29) is 6.61 Å². The molecule has 0 aliphatic carbocycles. The van der Waals surface area contributed by atoms with Crippen LogP contribution in [-0.2, 0) is 0 Å². The molecule has 4 nitrogen and oxygen atoms in total. The Morgan fingerprint density at radius 3 is 2.80 bits per heavy atom. The maximum Gasteiger partial charge on any atom is 0.296 e. The second kappa shape index (κ2) is 3.55. The number of anilines is 1. The standard InChI is InChI=1S/C11H14N2O2/c1-11(2,7-14)13-10-12-8-5-3-4-6-9(8)15-10/h3-6,14H,7H2,1-2H3,(H,12,13). The van der Waals surface area contributed by atoms with Gasteiger partial charge in [0.05, 0.1) is 12.1 Å². The van der Waals surface area contributed by atoms with Gasteiger partial charge in [0, 0.05) is 0 Å². The normalized spacial score (nSPS) is 11.9. The van der Waals surface area contributed by atoms with Crippen LogP contribution in [0.4, 0.5) is 6.01 Å². The van der Waals surface area contributed by atoms with Crippen LogP contribution in [0.15, 0.2) is 28.7 Å². The van der Waals surface area contributed by atoms with Crippen molar-refractivity contribution in [3.05, 3.63) is 24.3 Å². The zero-order valence-corrected chi connectivity index (χ0v) is 8.82. The average molecular weight is 206 g/mol. The van der Waals surface area contributed by atoms with Gasteiger partial charge < -0.3 is 14.8 Å². The molecule has 2 aromatic rings. The van der Waals surface area contributed by atoms with Crippen LogP contribution in [0.5, 0.6) is 0 Å². The highest BCUT2D eigenvalue weighted by atomic mass is 16.4. The molecule has 0 aliphatic rings. The Hall–Kier alpha value is -1.55. The largest absolute Gasteiger partial charge is 0.424 e. The molecule has 0 amide bonds. The quantitative estimate of drug-likeness (QED) is 0.806. The third-order valence-electron chi connectivity index (χ3n) is 2.13. The summed E-state index contributed by atoms with van der Waals surface area (Å²) in [7, 11) is 0. The van der Waals surface area contributed by atoms with Gasteiger partial charge in [-0.15, -0.1) is 0 Å². The minimum absolute atomic E-state index is 0.0196. The van der Waals surface area contributed by atoms with Gasteiger partial charge in [0.2, 0.25) is 0 Å². The summed E-state index contributed by atoms with van der Waals surface area (Å²) in [4.78, 5) is 4.26. The molecule has 0 aliphatic heterocycles. The summed E-state index contributed by atoms with van der Waals surface area (Å²) in [6.07, 6.45) is 0. The first-order chi connectivity index (χ1) is 7.11. The van der Waals surface area contributed by atoms with Crippen molar-refractivity contribution in [1.29, 1.82) is 0 Å². The second-order valence-electron chi connectivity index (χ2n) is 4.15. The van der Waals surface area contributed by atoms with E-state index in [2.05, 4.69) is 10.3 Å². The molecule has 80 valence electrons. The summed E-state index contributed by atoms with van der Waals surface area (Å²) in [5.41, 5.74) is 1.13. The molecule has 1 heterocycles. The van der Waals surface area contributed by atoms with Crippen molar-refractivity contribution < 1.29 is 9.52 Å². The minimum atomic E-state index is -0.430. The first-order valence-electron chi connectivity index (χ1n) is 4.85. The predicted octanol–water partition coefficient (Wildman–Crippen LogP) is 2.01. The highest BCUT2D eigenvalue weighted by Gasteiger charge is 2.18. The van der Waals surface area contributed by atoms with Crippen LogP contribution >= 0.6 is 0 Å². The molecule has 0 saturated heterocycles. The van der Waals surface area contributed by atoms with E-state index >= 15 is 0 Å². The molecule has 0 fully saturated rings. The number of para-hydroxylation sites is 2. The average Bonchev–Trinajstić information content (AvgIpc) is 2.58. The van der Waals surface area contributed by atoms with Crippen molar-refractivity contribution in [2.45, 2.75) is 19.4 Å². The number of fused-ring (bicyclic) bond motifs is 1. The molecule has 0 saturated carbocycles. The molecule has 4 heteroatoms. The third-order valence-corrected chi connectivity index (χ3v) is 2.13. The molecule has 1 aromatic heterocycles. The van der Waals surface area contributed by atoms with Crippen LogP contribution in [-0.4, -0.2) is 22.2 Å². The molecule has 0 spiro atoms. The maximum absolute atomic E-state index is 9.10. The molecule has 0 atom stereocenters. The Bertz CT molecular complexity index is 429. The summed E-state index contributed by atoms with van der Waals surface area (Å²) < 4.78 is 5.47. The number of rotatable bonds is 3. The fourth-order valence-corrected chi connectivity index (χ4v) is 1.25. The number of benzene rings is 1. The zero-order chi connectivity index (χ0) is 10.9. The number of hydrogen-bond acceptors (Lipinski definition) is 4. The molecule has 0 unspecified atom stereocenters. The topological polar surface area (TPSA) is 58.3 Å². The van der Waals surface area contributed by atoms with Crippen molar-refractivity contribution in [3.63, 3.8) is 0 Å². The number of aliphatic hydroxyl groups excluding tert-OH is 1. The predicted molar refractivity (Wildman–Crippen MR) is 58.8 cm³/mol. The molecule has 0 radical (unpaired) electrons. The first kappa shape index (κ1) is 9.98. The van der Waals surface area contributed by atoms with Crippen molar-refractivity contribution >= 4 is 17.1 Å². The van der Waals surface area contributed by atoms with Gasteiger partial charge in [0.1, 0.15) is 5.52 Å². The second-order valence-corrected chi connectivity index (χ2v) is 4.15. The van der Waals surface area contributed by atoms with E-state index in [1.807, 2.05) is 38.1 Å². The van der Waals surface area contributed by atoms with Gasteiger partial charge in [-0.05, 0) is 26.0 Å². The van der Waals surface area contributed by atoms with Crippen LogP contribution in [0.25, 0.3) is 11.1 Å². The molecular formula is C11H14N2O2. The fraction of sp³-hybridized carbons (Fsp3) is 0.364. The third kappa shape index (κ3) is 2.10. The van der Waals surface area contributed by atoms with Gasteiger partial charge >= 0.3 is 0 Å². The Morgan fingerprint density at radius 1 is 1.40 bits per heavy atom. The Kier molecular flexibility index (Phi) is 2.36. The maximum atomic E-state index is 9.10. The smallest absolute Gasteiger partial charge is 0.296 e. The first-order valence-corrected chi connectivity index (χ1v) is 4.85. The molecule has 15 heavy (non-hydrogen) atoms. The molecule has 2 N–H and O–H groups in total. The van der Waals surface area contributed by atoms with Crippen LogP contribution in [0.3, 0.4) is 0 Å². The lowest BCUT2D eigenvalue weighted by Crippen LogP contribution is -2.34. The number of nitrogens with one attached hydrogen (secondary N) is 1. The van der Waals surface area contributed by atoms with E-state index in [4.69, 9.17) is 9.52 Å². The lowest BCUT2D eigenvalue weighted by molar-refractivity contribution is 0.231. The van der Waals surface area contributed by atoms with E-state index < -0.39 is 5.54 Å². The van der Waals surface area contributed by atoms with Gasteiger partial charge in [0.25, 0.3) is 6.01 Å². The van der Waals surface area contributed by atoms with E-state index in [1.54, 1.807) is 0 Å². The van der Waals surface area contributed by atoms with Crippen molar-refractivity contribution in [1.82, 2.24) is 4.98 Å². The Labute approximate surface area is 87.9 Å². The molecule has 2 rings (SSSR count). The lowest BCUT2D eigenvalue weighted by atomic mass is 10.1. The Morgan fingerprint density at radius 2 is 2.13 bits per heavy atom. The summed E-state index contributed by atoms with van der Waals surface area (Å²) in [6.45, 7) is 3.77. The highest BCUT2D eigenvalue weighted by Crippen LogP contribution is 2.20. The van der Waals surface area contributed by atoms with E-state index in [0.717, 1.165) is 11.1 Å². The number of aromatic nitrogens is 1. The SMILES string of the molecule is CC(C)(CO)Nc1nc2ccccc2o1. The monoisotopic (exact) mass is 206 g/mol. The van der Waals surface area contributed by atoms with Crippen LogP contribution in [0, 0.1) is 0 Å². The lowest BCUT2D eigenvalue weighted by Gasteiger charge is -2.21. The van der Waals surface area contributed by atoms with Gasteiger partial charge in [0.15, 0.2) is 5.58 Å². The molecular weight excluding hydrogens is 192 g/mol. The van der Waals surface area contributed by atoms with E-state index in [9.17, 15) is 0 Å². The van der Waals surface area contributed by atoms with Crippen molar-refractivity contribution in [3.8, 4) is 0 Å².